The highest BCUT2D eigenvalue weighted by Gasteiger charge is 2.02. The summed E-state index contributed by atoms with van der Waals surface area (Å²) in [6.45, 7) is 4.00. The minimum atomic E-state index is -0.0559. The predicted octanol–water partition coefficient (Wildman–Crippen LogP) is 3.74. The lowest BCUT2D eigenvalue weighted by atomic mass is 10.0. The van der Waals surface area contributed by atoms with Crippen LogP contribution in [0, 0.1) is 0 Å². The van der Waals surface area contributed by atoms with Gasteiger partial charge in [-0.25, -0.2) is 0 Å². The summed E-state index contributed by atoms with van der Waals surface area (Å²) in [6.07, 6.45) is 0. The van der Waals surface area contributed by atoms with Crippen molar-refractivity contribution in [1.29, 1.82) is 0 Å². The molecular weight excluding hydrogens is 222 g/mol. The third-order valence-corrected chi connectivity index (χ3v) is 2.48. The van der Waals surface area contributed by atoms with Gasteiger partial charge in [0.25, 0.3) is 5.91 Å². The molecule has 2 aromatic rings. The van der Waals surface area contributed by atoms with Crippen LogP contribution in [0.1, 0.15) is 24.2 Å². The van der Waals surface area contributed by atoms with E-state index in [1.165, 1.54) is 0 Å². The van der Waals surface area contributed by atoms with Crippen LogP contribution < -0.4 is 5.32 Å². The number of carbonyl (C=O) groups excluding carboxylic acids is 1. The Morgan fingerprint density at radius 2 is 1.33 bits per heavy atom. The highest BCUT2D eigenvalue weighted by Crippen LogP contribution is 2.18. The maximum absolute atomic E-state index is 11.4. The number of nitrogens with one attached hydrogen (secondary N) is 1. The molecule has 0 unspecified atom stereocenters. The van der Waals surface area contributed by atoms with Crippen LogP contribution >= 0.6 is 0 Å². The number of rotatable bonds is 2. The van der Waals surface area contributed by atoms with E-state index in [0.29, 0.717) is 5.56 Å². The monoisotopic (exact) mass is 241 g/mol. The van der Waals surface area contributed by atoms with Gasteiger partial charge in [0, 0.05) is 12.6 Å². The van der Waals surface area contributed by atoms with Crippen molar-refractivity contribution >= 4 is 5.91 Å². The Balaban J connectivity index is 0.000000771. The Hall–Kier alpha value is -2.09. The van der Waals surface area contributed by atoms with Gasteiger partial charge in [-0.1, -0.05) is 56.3 Å². The van der Waals surface area contributed by atoms with Crippen molar-refractivity contribution in [2.45, 2.75) is 13.8 Å². The van der Waals surface area contributed by atoms with Crippen molar-refractivity contribution in [2.75, 3.05) is 7.05 Å². The van der Waals surface area contributed by atoms with Crippen molar-refractivity contribution in [3.05, 3.63) is 60.2 Å². The first kappa shape index (κ1) is 14.0. The molecule has 0 spiro atoms. The van der Waals surface area contributed by atoms with E-state index in [2.05, 4.69) is 17.4 Å². The van der Waals surface area contributed by atoms with Crippen molar-refractivity contribution in [2.24, 2.45) is 0 Å². The molecule has 0 radical (unpaired) electrons. The van der Waals surface area contributed by atoms with Gasteiger partial charge in [0.2, 0.25) is 0 Å². The van der Waals surface area contributed by atoms with E-state index in [4.69, 9.17) is 0 Å². The van der Waals surface area contributed by atoms with Crippen LogP contribution in [0.3, 0.4) is 0 Å². The minimum absolute atomic E-state index is 0.0559. The summed E-state index contributed by atoms with van der Waals surface area (Å²) in [5, 5.41) is 2.60. The zero-order valence-electron chi connectivity index (χ0n) is 11.1. The summed E-state index contributed by atoms with van der Waals surface area (Å²) in [7, 11) is 1.63. The molecule has 0 aliphatic heterocycles. The number of amides is 1. The lowest BCUT2D eigenvalue weighted by Crippen LogP contribution is -2.17. The fraction of sp³-hybridized carbons (Fsp3) is 0.188. The lowest BCUT2D eigenvalue weighted by molar-refractivity contribution is 0.0963. The number of benzene rings is 2. The molecule has 0 atom stereocenters. The first-order chi connectivity index (χ1) is 8.81. The fourth-order valence-corrected chi connectivity index (χ4v) is 1.59. The van der Waals surface area contributed by atoms with Gasteiger partial charge in [0.05, 0.1) is 0 Å². The first-order valence-corrected chi connectivity index (χ1v) is 6.19. The average molecular weight is 241 g/mol. The lowest BCUT2D eigenvalue weighted by Gasteiger charge is -2.03. The van der Waals surface area contributed by atoms with Crippen LogP contribution in [0.2, 0.25) is 0 Å². The SMILES string of the molecule is CC.CNC(=O)c1ccc(-c2ccccc2)cc1. The third kappa shape index (κ3) is 3.45. The van der Waals surface area contributed by atoms with E-state index in [1.54, 1.807) is 7.05 Å². The highest BCUT2D eigenvalue weighted by molar-refractivity contribution is 5.94. The van der Waals surface area contributed by atoms with Gasteiger partial charge in [-0.3, -0.25) is 4.79 Å². The van der Waals surface area contributed by atoms with Crippen LogP contribution in [0.5, 0.6) is 0 Å². The number of hydrogen-bond acceptors (Lipinski definition) is 1. The first-order valence-electron chi connectivity index (χ1n) is 6.19. The second-order valence-corrected chi connectivity index (χ2v) is 3.52. The van der Waals surface area contributed by atoms with E-state index >= 15 is 0 Å². The molecule has 2 aromatic carbocycles. The summed E-state index contributed by atoms with van der Waals surface area (Å²) in [5.74, 6) is -0.0559. The maximum Gasteiger partial charge on any atom is 0.251 e. The van der Waals surface area contributed by atoms with Gasteiger partial charge in [-0.2, -0.15) is 0 Å². The summed E-state index contributed by atoms with van der Waals surface area (Å²) >= 11 is 0. The molecule has 0 aliphatic carbocycles. The van der Waals surface area contributed by atoms with Gasteiger partial charge in [0.15, 0.2) is 0 Å². The van der Waals surface area contributed by atoms with Crippen LogP contribution in [-0.2, 0) is 0 Å². The van der Waals surface area contributed by atoms with E-state index < -0.39 is 0 Å². The predicted molar refractivity (Wildman–Crippen MR) is 76.6 cm³/mol. The number of hydrogen-bond donors (Lipinski definition) is 1. The summed E-state index contributed by atoms with van der Waals surface area (Å²) in [6, 6.07) is 17.7. The Morgan fingerprint density at radius 3 is 1.83 bits per heavy atom. The minimum Gasteiger partial charge on any atom is -0.355 e. The normalized spacial score (nSPS) is 9.06. The maximum atomic E-state index is 11.4. The number of carbonyl (C=O) groups is 1. The fourth-order valence-electron chi connectivity index (χ4n) is 1.59. The van der Waals surface area contributed by atoms with Gasteiger partial charge in [-0.15, -0.1) is 0 Å². The Bertz CT molecular complexity index is 474. The topological polar surface area (TPSA) is 29.1 Å². The molecule has 1 N–H and O–H groups in total. The molecule has 2 nitrogen and oxygen atoms in total. The van der Waals surface area contributed by atoms with Crippen LogP contribution in [0.25, 0.3) is 11.1 Å². The van der Waals surface area contributed by atoms with Gasteiger partial charge in [0.1, 0.15) is 0 Å². The van der Waals surface area contributed by atoms with Gasteiger partial charge in [-0.05, 0) is 23.3 Å². The molecule has 94 valence electrons. The summed E-state index contributed by atoms with van der Waals surface area (Å²) in [5.41, 5.74) is 2.96. The Kier molecular flexibility index (Phi) is 5.65. The Labute approximate surface area is 109 Å². The van der Waals surface area contributed by atoms with E-state index in [1.807, 2.05) is 56.3 Å². The van der Waals surface area contributed by atoms with Crippen molar-refractivity contribution < 1.29 is 4.79 Å². The van der Waals surface area contributed by atoms with E-state index in [9.17, 15) is 4.79 Å². The molecule has 0 fully saturated rings. The van der Waals surface area contributed by atoms with Crippen molar-refractivity contribution in [1.82, 2.24) is 5.32 Å². The van der Waals surface area contributed by atoms with Crippen LogP contribution in [0.4, 0.5) is 0 Å². The zero-order valence-corrected chi connectivity index (χ0v) is 11.1. The quantitative estimate of drug-likeness (QED) is 0.852. The molecule has 2 rings (SSSR count). The molecule has 2 heteroatoms. The summed E-state index contributed by atoms with van der Waals surface area (Å²) in [4.78, 5) is 11.4. The van der Waals surface area contributed by atoms with E-state index in [0.717, 1.165) is 11.1 Å². The Morgan fingerprint density at radius 1 is 0.833 bits per heavy atom. The smallest absolute Gasteiger partial charge is 0.251 e. The van der Waals surface area contributed by atoms with E-state index in [-0.39, 0.29) is 5.91 Å². The molecule has 0 aliphatic rings. The molecular formula is C16H19NO. The standard InChI is InChI=1S/C14H13NO.C2H6/c1-15-14(16)13-9-7-12(8-10-13)11-5-3-2-4-6-11;1-2/h2-10H,1H3,(H,15,16);1-2H3. The average Bonchev–Trinajstić information content (AvgIpc) is 2.49. The molecule has 1 amide bonds. The zero-order chi connectivity index (χ0) is 13.4. The second kappa shape index (κ2) is 7.28. The highest BCUT2D eigenvalue weighted by atomic mass is 16.1. The van der Waals surface area contributed by atoms with Crippen LogP contribution in [0.15, 0.2) is 54.6 Å². The molecule has 0 bridgehead atoms. The van der Waals surface area contributed by atoms with Crippen LogP contribution in [-0.4, -0.2) is 13.0 Å². The molecule has 0 aromatic heterocycles. The van der Waals surface area contributed by atoms with Crippen molar-refractivity contribution in [3.8, 4) is 11.1 Å². The molecule has 0 heterocycles. The molecule has 18 heavy (non-hydrogen) atoms. The molecule has 0 saturated carbocycles. The van der Waals surface area contributed by atoms with Gasteiger partial charge < -0.3 is 5.32 Å². The van der Waals surface area contributed by atoms with Crippen molar-refractivity contribution in [3.63, 3.8) is 0 Å². The summed E-state index contributed by atoms with van der Waals surface area (Å²) < 4.78 is 0. The van der Waals surface area contributed by atoms with Gasteiger partial charge >= 0.3 is 0 Å². The third-order valence-electron chi connectivity index (χ3n) is 2.48. The largest absolute Gasteiger partial charge is 0.355 e. The molecule has 0 saturated heterocycles. The second-order valence-electron chi connectivity index (χ2n) is 3.52.